The van der Waals surface area contributed by atoms with Crippen LogP contribution in [0.25, 0.3) is 16.8 Å². The Morgan fingerprint density at radius 2 is 1.92 bits per heavy atom. The quantitative estimate of drug-likeness (QED) is 0.540. The van der Waals surface area contributed by atoms with Gasteiger partial charge in [-0.25, -0.2) is 18.4 Å². The Labute approximate surface area is 207 Å². The largest absolute Gasteiger partial charge is 0.339 e. The molecule has 1 saturated heterocycles. The van der Waals surface area contributed by atoms with Crippen LogP contribution in [0.5, 0.6) is 0 Å². The van der Waals surface area contributed by atoms with Crippen molar-refractivity contribution in [2.24, 2.45) is 9.98 Å². The van der Waals surface area contributed by atoms with Gasteiger partial charge in [-0.05, 0) is 48.3 Å². The topological polar surface area (TPSA) is 149 Å². The minimum absolute atomic E-state index is 0.219. The van der Waals surface area contributed by atoms with Crippen LogP contribution in [0.15, 0.2) is 46.4 Å². The lowest BCUT2D eigenvalue weighted by Gasteiger charge is -2.31. The highest BCUT2D eigenvalue weighted by Crippen LogP contribution is 2.39. The number of aliphatic imine (C=N–C) groups is 2. The Morgan fingerprint density at radius 1 is 1.14 bits per heavy atom. The number of allylic oxidation sites excluding steroid dienone is 1. The summed E-state index contributed by atoms with van der Waals surface area (Å²) in [6, 6.07) is 10.4. The van der Waals surface area contributed by atoms with Gasteiger partial charge >= 0.3 is 0 Å². The van der Waals surface area contributed by atoms with Gasteiger partial charge in [-0.1, -0.05) is 30.3 Å². The summed E-state index contributed by atoms with van der Waals surface area (Å²) in [6.45, 7) is 2.36. The number of aromatic amines is 2. The minimum Gasteiger partial charge on any atom is -0.339 e. The Kier molecular flexibility index (Phi) is 5.49. The number of fused-ring (bicyclic) bond motifs is 3. The predicted octanol–water partition coefficient (Wildman–Crippen LogP) is 2.07. The molecule has 12 heteroatoms. The molecule has 1 amide bonds. The van der Waals surface area contributed by atoms with Crippen molar-refractivity contribution in [2.45, 2.75) is 30.6 Å². The molecule has 6 rings (SSSR count). The van der Waals surface area contributed by atoms with E-state index in [9.17, 15) is 13.2 Å². The van der Waals surface area contributed by atoms with Crippen molar-refractivity contribution in [1.82, 2.24) is 30.5 Å². The number of rotatable bonds is 5. The van der Waals surface area contributed by atoms with Crippen molar-refractivity contribution in [2.75, 3.05) is 19.3 Å². The fourth-order valence-electron chi connectivity index (χ4n) is 5.01. The Morgan fingerprint density at radius 3 is 2.61 bits per heavy atom. The Balaban J connectivity index is 1.19. The number of carbonyl (C=O) groups is 1. The lowest BCUT2D eigenvalue weighted by atomic mass is 9.89. The third kappa shape index (κ3) is 4.22. The molecule has 0 radical (unpaired) electrons. The molecule has 1 aromatic carbocycles. The SMILES string of the molecule is CS(=O)(=O)C1CCN(Cc2ccc(-c3cc4c([nH]3)N=CC3=NC(=O)C(c5nn[nH]n5)=CC34)cc2)CC1. The molecule has 3 aliphatic heterocycles. The van der Waals surface area contributed by atoms with E-state index >= 15 is 0 Å². The van der Waals surface area contributed by atoms with Crippen molar-refractivity contribution >= 4 is 39.1 Å². The number of hydrogen-bond acceptors (Lipinski definition) is 8. The summed E-state index contributed by atoms with van der Waals surface area (Å²) in [4.78, 5) is 26.8. The van der Waals surface area contributed by atoms with Crippen LogP contribution in [0.3, 0.4) is 0 Å². The van der Waals surface area contributed by atoms with Gasteiger partial charge < -0.3 is 4.98 Å². The van der Waals surface area contributed by atoms with E-state index in [2.05, 4.69) is 64.8 Å². The zero-order valence-corrected chi connectivity index (χ0v) is 20.4. The summed E-state index contributed by atoms with van der Waals surface area (Å²) in [6.07, 6.45) is 6.14. The number of hydrogen-bond donors (Lipinski definition) is 2. The first-order chi connectivity index (χ1) is 17.3. The molecule has 0 spiro atoms. The third-order valence-corrected chi connectivity index (χ3v) is 8.68. The van der Waals surface area contributed by atoms with Gasteiger partial charge in [0.25, 0.3) is 5.91 Å². The maximum Gasteiger partial charge on any atom is 0.280 e. The van der Waals surface area contributed by atoms with Gasteiger partial charge in [0, 0.05) is 24.1 Å². The number of carbonyl (C=O) groups excluding carboxylic acids is 1. The molecule has 3 aromatic rings. The van der Waals surface area contributed by atoms with Gasteiger partial charge in [-0.15, -0.1) is 10.2 Å². The van der Waals surface area contributed by atoms with E-state index in [1.807, 2.05) is 12.1 Å². The molecule has 1 atom stereocenters. The van der Waals surface area contributed by atoms with E-state index in [1.165, 1.54) is 11.8 Å². The average molecular weight is 505 g/mol. The van der Waals surface area contributed by atoms with Crippen LogP contribution in [-0.4, -0.2) is 81.4 Å². The normalized spacial score (nSPS) is 20.6. The second-order valence-electron chi connectivity index (χ2n) is 9.38. The van der Waals surface area contributed by atoms with Crippen LogP contribution >= 0.6 is 0 Å². The highest BCUT2D eigenvalue weighted by Gasteiger charge is 2.32. The van der Waals surface area contributed by atoms with Gasteiger partial charge in [0.2, 0.25) is 5.82 Å². The molecule has 5 heterocycles. The van der Waals surface area contributed by atoms with Gasteiger partial charge in [-0.2, -0.15) is 5.21 Å². The fourth-order valence-corrected chi connectivity index (χ4v) is 6.08. The van der Waals surface area contributed by atoms with Crippen molar-refractivity contribution in [3.8, 4) is 11.3 Å². The first-order valence-electron chi connectivity index (χ1n) is 11.7. The van der Waals surface area contributed by atoms with Crippen molar-refractivity contribution in [3.63, 3.8) is 0 Å². The summed E-state index contributed by atoms with van der Waals surface area (Å²) in [5, 5.41) is 13.5. The number of dihydropyridines is 1. The van der Waals surface area contributed by atoms with E-state index in [0.29, 0.717) is 24.1 Å². The molecule has 11 nitrogen and oxygen atoms in total. The Hall–Kier alpha value is -3.77. The molecule has 0 aliphatic carbocycles. The van der Waals surface area contributed by atoms with E-state index in [-0.39, 0.29) is 17.0 Å². The van der Waals surface area contributed by atoms with E-state index < -0.39 is 15.7 Å². The molecule has 1 fully saturated rings. The number of nitrogens with one attached hydrogen (secondary N) is 2. The van der Waals surface area contributed by atoms with E-state index in [0.717, 1.165) is 42.3 Å². The molecule has 1 unspecified atom stereocenters. The van der Waals surface area contributed by atoms with Gasteiger partial charge in [0.1, 0.15) is 15.7 Å². The summed E-state index contributed by atoms with van der Waals surface area (Å²) in [5.41, 5.74) is 4.94. The average Bonchev–Trinajstić information content (AvgIpc) is 3.54. The standard InChI is InChI=1S/C24H24N8O3S/c1-36(34,35)16-6-8-32(9-7-16)13-14-2-4-15(5-3-14)20-11-18-17-10-19(23-28-30-31-29-23)24(33)27-21(17)12-25-22(18)26-20/h2-5,10-12,16-17,26H,6-9,13H2,1H3,(H,28,29,30,31). The maximum atomic E-state index is 12.4. The molecular formula is C24H24N8O3S. The van der Waals surface area contributed by atoms with Crippen LogP contribution in [0.4, 0.5) is 5.82 Å². The van der Waals surface area contributed by atoms with E-state index in [4.69, 9.17) is 0 Å². The number of sulfone groups is 1. The van der Waals surface area contributed by atoms with Crippen LogP contribution in [-0.2, 0) is 21.2 Å². The number of nitrogens with zero attached hydrogens (tertiary/aromatic N) is 6. The zero-order chi connectivity index (χ0) is 24.9. The van der Waals surface area contributed by atoms with Gasteiger partial charge in [0.05, 0.1) is 28.7 Å². The number of benzene rings is 1. The second kappa shape index (κ2) is 8.71. The predicted molar refractivity (Wildman–Crippen MR) is 135 cm³/mol. The summed E-state index contributed by atoms with van der Waals surface area (Å²) in [7, 11) is -2.96. The van der Waals surface area contributed by atoms with Gasteiger partial charge in [-0.3, -0.25) is 9.69 Å². The van der Waals surface area contributed by atoms with Crippen LogP contribution in [0, 0.1) is 0 Å². The first kappa shape index (κ1) is 22.7. The second-order valence-corrected chi connectivity index (χ2v) is 11.7. The van der Waals surface area contributed by atoms with Gasteiger partial charge in [0.15, 0.2) is 0 Å². The zero-order valence-electron chi connectivity index (χ0n) is 19.5. The highest BCUT2D eigenvalue weighted by atomic mass is 32.2. The number of H-pyrrole nitrogens is 2. The lowest BCUT2D eigenvalue weighted by molar-refractivity contribution is -0.112. The van der Waals surface area contributed by atoms with E-state index in [1.54, 1.807) is 6.21 Å². The third-order valence-electron chi connectivity index (χ3n) is 7.00. The van der Waals surface area contributed by atoms with Crippen molar-refractivity contribution in [1.29, 1.82) is 0 Å². The number of piperidine rings is 1. The summed E-state index contributed by atoms with van der Waals surface area (Å²) in [5.74, 6) is 0.302. The Bertz CT molecular complexity index is 1510. The van der Waals surface area contributed by atoms with Crippen molar-refractivity contribution in [3.05, 3.63) is 53.4 Å². The van der Waals surface area contributed by atoms with Crippen LogP contribution in [0.1, 0.15) is 35.7 Å². The fraction of sp³-hybridized carbons (Fsp3) is 0.333. The van der Waals surface area contributed by atoms with Crippen LogP contribution < -0.4 is 0 Å². The first-order valence-corrected chi connectivity index (χ1v) is 13.7. The molecular weight excluding hydrogens is 480 g/mol. The molecule has 3 aliphatic rings. The summed E-state index contributed by atoms with van der Waals surface area (Å²) >= 11 is 0. The maximum absolute atomic E-state index is 12.4. The number of tetrazole rings is 1. The monoisotopic (exact) mass is 504 g/mol. The van der Waals surface area contributed by atoms with Crippen LogP contribution in [0.2, 0.25) is 0 Å². The molecule has 36 heavy (non-hydrogen) atoms. The molecule has 0 saturated carbocycles. The number of amides is 1. The number of aromatic nitrogens is 5. The smallest absolute Gasteiger partial charge is 0.280 e. The van der Waals surface area contributed by atoms with Crippen molar-refractivity contribution < 1.29 is 13.2 Å². The number of likely N-dealkylation sites (tertiary alicyclic amines) is 1. The molecule has 2 N–H and O–H groups in total. The minimum atomic E-state index is -2.96. The molecule has 2 aromatic heterocycles. The molecule has 184 valence electrons. The highest BCUT2D eigenvalue weighted by molar-refractivity contribution is 7.91. The molecule has 0 bridgehead atoms. The summed E-state index contributed by atoms with van der Waals surface area (Å²) < 4.78 is 23.6. The lowest BCUT2D eigenvalue weighted by Crippen LogP contribution is -2.38.